The van der Waals surface area contributed by atoms with Crippen LogP contribution in [0.3, 0.4) is 0 Å². The summed E-state index contributed by atoms with van der Waals surface area (Å²) in [6, 6.07) is 13.3. The highest BCUT2D eigenvalue weighted by Crippen LogP contribution is 2.30. The number of carbonyl (C=O) groups is 2. The Bertz CT molecular complexity index is 1230. The molecule has 10 heteroatoms. The van der Waals surface area contributed by atoms with Gasteiger partial charge in [0.15, 0.2) is 23.2 Å². The normalized spacial score (nSPS) is 15.5. The SMILES string of the molecule is COc1cc(C(=O)Nc2nc(-c3ccc(N4CCCC4)cc3)cs2)ccc1OCC(=O)N1CCOCC1. The first-order valence-electron chi connectivity index (χ1n) is 12.4. The minimum Gasteiger partial charge on any atom is -0.493 e. The highest BCUT2D eigenvalue weighted by atomic mass is 32.1. The number of aromatic nitrogens is 1. The molecule has 0 saturated carbocycles. The Hall–Kier alpha value is -3.63. The average Bonchev–Trinajstić information content (AvgIpc) is 3.65. The van der Waals surface area contributed by atoms with Crippen LogP contribution in [0.4, 0.5) is 10.8 Å². The molecule has 37 heavy (non-hydrogen) atoms. The molecule has 2 aromatic carbocycles. The maximum Gasteiger partial charge on any atom is 0.260 e. The number of carbonyl (C=O) groups excluding carboxylic acids is 2. The van der Waals surface area contributed by atoms with Gasteiger partial charge in [-0.25, -0.2) is 4.98 Å². The van der Waals surface area contributed by atoms with E-state index in [4.69, 9.17) is 14.2 Å². The van der Waals surface area contributed by atoms with Crippen LogP contribution in [0, 0.1) is 0 Å². The van der Waals surface area contributed by atoms with E-state index in [0.29, 0.717) is 48.5 Å². The van der Waals surface area contributed by atoms with E-state index in [1.54, 1.807) is 23.1 Å². The molecule has 194 valence electrons. The number of nitrogens with one attached hydrogen (secondary N) is 1. The average molecular weight is 523 g/mol. The number of thiazole rings is 1. The van der Waals surface area contributed by atoms with Gasteiger partial charge in [-0.2, -0.15) is 0 Å². The zero-order chi connectivity index (χ0) is 25.6. The van der Waals surface area contributed by atoms with Crippen molar-refractivity contribution in [2.24, 2.45) is 0 Å². The molecule has 0 atom stereocenters. The van der Waals surface area contributed by atoms with Crippen LogP contribution in [0.1, 0.15) is 23.2 Å². The number of benzene rings is 2. The van der Waals surface area contributed by atoms with Crippen molar-refractivity contribution in [2.45, 2.75) is 12.8 Å². The van der Waals surface area contributed by atoms with Gasteiger partial charge in [-0.3, -0.25) is 14.9 Å². The number of nitrogens with zero attached hydrogens (tertiary/aromatic N) is 3. The number of ether oxygens (including phenoxy) is 3. The Morgan fingerprint density at radius 3 is 2.51 bits per heavy atom. The second-order valence-corrected chi connectivity index (χ2v) is 9.74. The van der Waals surface area contributed by atoms with Gasteiger partial charge in [0.1, 0.15) is 0 Å². The minimum absolute atomic E-state index is 0.108. The van der Waals surface area contributed by atoms with Crippen LogP contribution in [0.5, 0.6) is 11.5 Å². The molecule has 2 aliphatic heterocycles. The molecular formula is C27H30N4O5S. The highest BCUT2D eigenvalue weighted by Gasteiger charge is 2.19. The summed E-state index contributed by atoms with van der Waals surface area (Å²) in [6.45, 7) is 4.28. The van der Waals surface area contributed by atoms with E-state index in [9.17, 15) is 9.59 Å². The fourth-order valence-corrected chi connectivity index (χ4v) is 5.14. The molecule has 1 N–H and O–H groups in total. The summed E-state index contributed by atoms with van der Waals surface area (Å²) < 4.78 is 16.4. The van der Waals surface area contributed by atoms with E-state index in [2.05, 4.69) is 39.5 Å². The van der Waals surface area contributed by atoms with Gasteiger partial charge < -0.3 is 24.0 Å². The fourth-order valence-electron chi connectivity index (χ4n) is 4.42. The lowest BCUT2D eigenvalue weighted by Crippen LogP contribution is -2.43. The van der Waals surface area contributed by atoms with Gasteiger partial charge in [0.25, 0.3) is 11.8 Å². The highest BCUT2D eigenvalue weighted by molar-refractivity contribution is 7.14. The summed E-state index contributed by atoms with van der Waals surface area (Å²) in [4.78, 5) is 33.9. The van der Waals surface area contributed by atoms with Gasteiger partial charge in [-0.15, -0.1) is 11.3 Å². The molecule has 9 nitrogen and oxygen atoms in total. The molecule has 0 bridgehead atoms. The predicted octanol–water partition coefficient (Wildman–Crippen LogP) is 3.91. The van der Waals surface area contributed by atoms with Gasteiger partial charge in [0.2, 0.25) is 0 Å². The maximum absolute atomic E-state index is 12.9. The number of amides is 2. The summed E-state index contributed by atoms with van der Waals surface area (Å²) >= 11 is 1.37. The third-order valence-electron chi connectivity index (χ3n) is 6.50. The third kappa shape index (κ3) is 6.03. The Labute approximate surface area is 220 Å². The van der Waals surface area contributed by atoms with Gasteiger partial charge >= 0.3 is 0 Å². The summed E-state index contributed by atoms with van der Waals surface area (Å²) in [7, 11) is 1.50. The zero-order valence-corrected chi connectivity index (χ0v) is 21.6. The van der Waals surface area contributed by atoms with Crippen LogP contribution < -0.4 is 19.7 Å². The molecule has 5 rings (SSSR count). The monoisotopic (exact) mass is 522 g/mol. The molecule has 2 fully saturated rings. The molecular weight excluding hydrogens is 492 g/mol. The lowest BCUT2D eigenvalue weighted by Gasteiger charge is -2.26. The second-order valence-electron chi connectivity index (χ2n) is 8.88. The van der Waals surface area contributed by atoms with Crippen LogP contribution in [0.15, 0.2) is 47.8 Å². The number of methoxy groups -OCH3 is 1. The molecule has 2 amide bonds. The molecule has 0 aliphatic carbocycles. The molecule has 0 radical (unpaired) electrons. The van der Waals surface area contributed by atoms with Crippen LogP contribution in [0.2, 0.25) is 0 Å². The van der Waals surface area contributed by atoms with Gasteiger partial charge in [-0.1, -0.05) is 12.1 Å². The molecule has 3 aromatic rings. The second kappa shape index (κ2) is 11.6. The van der Waals surface area contributed by atoms with E-state index in [1.165, 1.54) is 37.0 Å². The lowest BCUT2D eigenvalue weighted by molar-refractivity contribution is -0.137. The van der Waals surface area contributed by atoms with E-state index < -0.39 is 0 Å². The van der Waals surface area contributed by atoms with E-state index in [-0.39, 0.29) is 18.4 Å². The standard InChI is InChI=1S/C27H30N4O5S/c1-34-24-16-20(6-9-23(24)36-17-25(32)31-12-14-35-15-13-31)26(33)29-27-28-22(18-37-27)19-4-7-21(8-5-19)30-10-2-3-11-30/h4-9,16,18H,2-3,10-15,17H2,1H3,(H,28,29,33). The number of anilines is 2. The van der Waals surface area contributed by atoms with E-state index in [1.807, 2.05) is 5.38 Å². The number of morpholine rings is 1. The summed E-state index contributed by atoms with van der Waals surface area (Å²) in [5.41, 5.74) is 3.46. The maximum atomic E-state index is 12.9. The Morgan fingerprint density at radius 2 is 1.78 bits per heavy atom. The first-order chi connectivity index (χ1) is 18.1. The van der Waals surface area contributed by atoms with Crippen molar-refractivity contribution in [2.75, 3.05) is 63.3 Å². The van der Waals surface area contributed by atoms with Crippen LogP contribution in [0.25, 0.3) is 11.3 Å². The largest absolute Gasteiger partial charge is 0.493 e. The predicted molar refractivity (Wildman–Crippen MR) is 143 cm³/mol. The summed E-state index contributed by atoms with van der Waals surface area (Å²) in [5.74, 6) is 0.354. The van der Waals surface area contributed by atoms with Crippen LogP contribution in [-0.4, -0.2) is 74.8 Å². The first-order valence-corrected chi connectivity index (χ1v) is 13.3. The molecule has 3 heterocycles. The van der Waals surface area contributed by atoms with Crippen LogP contribution >= 0.6 is 11.3 Å². The molecule has 1 aromatic heterocycles. The number of rotatable bonds is 8. The Balaban J connectivity index is 1.19. The van der Waals surface area contributed by atoms with E-state index >= 15 is 0 Å². The zero-order valence-electron chi connectivity index (χ0n) is 20.8. The van der Waals surface area contributed by atoms with Crippen molar-refractivity contribution < 1.29 is 23.8 Å². The van der Waals surface area contributed by atoms with Crippen molar-refractivity contribution in [3.8, 4) is 22.8 Å². The van der Waals surface area contributed by atoms with Gasteiger partial charge in [0, 0.05) is 48.4 Å². The molecule has 2 aliphatic rings. The van der Waals surface area contributed by atoms with E-state index in [0.717, 1.165) is 24.3 Å². The topological polar surface area (TPSA) is 93.2 Å². The smallest absolute Gasteiger partial charge is 0.260 e. The fraction of sp³-hybridized carbons (Fsp3) is 0.370. The summed E-state index contributed by atoms with van der Waals surface area (Å²) in [5, 5.41) is 5.31. The minimum atomic E-state index is -0.306. The van der Waals surface area contributed by atoms with Gasteiger partial charge in [-0.05, 0) is 43.2 Å². The molecule has 0 spiro atoms. The van der Waals surface area contributed by atoms with Crippen LogP contribution in [-0.2, 0) is 9.53 Å². The molecule has 0 unspecified atom stereocenters. The van der Waals surface area contributed by atoms with Crippen molar-refractivity contribution in [3.63, 3.8) is 0 Å². The van der Waals surface area contributed by atoms with Crippen molar-refractivity contribution >= 4 is 34.0 Å². The van der Waals surface area contributed by atoms with Crippen molar-refractivity contribution in [1.82, 2.24) is 9.88 Å². The number of hydrogen-bond acceptors (Lipinski definition) is 8. The Kier molecular flexibility index (Phi) is 7.86. The third-order valence-corrected chi connectivity index (χ3v) is 7.26. The van der Waals surface area contributed by atoms with Crippen molar-refractivity contribution in [1.29, 1.82) is 0 Å². The quantitative estimate of drug-likeness (QED) is 0.480. The number of hydrogen-bond donors (Lipinski definition) is 1. The van der Waals surface area contributed by atoms with Gasteiger partial charge in [0.05, 0.1) is 26.0 Å². The lowest BCUT2D eigenvalue weighted by atomic mass is 10.1. The summed E-state index contributed by atoms with van der Waals surface area (Å²) in [6.07, 6.45) is 2.49. The first kappa shape index (κ1) is 25.0. The van der Waals surface area contributed by atoms with Crippen molar-refractivity contribution in [3.05, 3.63) is 53.4 Å². The Morgan fingerprint density at radius 1 is 1.03 bits per heavy atom. The molecule has 2 saturated heterocycles.